The van der Waals surface area contributed by atoms with Gasteiger partial charge >= 0.3 is 5.97 Å². The zero-order chi connectivity index (χ0) is 14.1. The van der Waals surface area contributed by atoms with E-state index in [-0.39, 0.29) is 11.7 Å². The lowest BCUT2D eigenvalue weighted by molar-refractivity contribution is 0.0517. The molecule has 0 aliphatic rings. The molecule has 4 nitrogen and oxygen atoms in total. The number of para-hydroxylation sites is 1. The van der Waals surface area contributed by atoms with Crippen molar-refractivity contribution in [3.05, 3.63) is 29.8 Å². The van der Waals surface area contributed by atoms with Crippen molar-refractivity contribution in [1.29, 1.82) is 0 Å². The summed E-state index contributed by atoms with van der Waals surface area (Å²) in [6, 6.07) is 6.66. The van der Waals surface area contributed by atoms with E-state index < -0.39 is 5.97 Å². The molecule has 4 heteroatoms. The zero-order valence-electron chi connectivity index (χ0n) is 11.6. The summed E-state index contributed by atoms with van der Waals surface area (Å²) in [5, 5.41) is 9.00. The summed E-state index contributed by atoms with van der Waals surface area (Å²) in [5.74, 6) is -0.556. The van der Waals surface area contributed by atoms with Crippen molar-refractivity contribution in [1.82, 2.24) is 0 Å². The minimum atomic E-state index is -0.969. The van der Waals surface area contributed by atoms with Gasteiger partial charge in [-0.1, -0.05) is 25.5 Å². The quantitative estimate of drug-likeness (QED) is 0.696. The third-order valence-electron chi connectivity index (χ3n) is 2.76. The summed E-state index contributed by atoms with van der Waals surface area (Å²) in [4.78, 5) is 11.0. The Kier molecular flexibility index (Phi) is 6.97. The second kappa shape index (κ2) is 8.53. The molecular formula is C15H22O4. The Bertz CT molecular complexity index is 389. The summed E-state index contributed by atoms with van der Waals surface area (Å²) >= 11 is 0. The van der Waals surface area contributed by atoms with Crippen molar-refractivity contribution < 1.29 is 19.4 Å². The topological polar surface area (TPSA) is 55.8 Å². The van der Waals surface area contributed by atoms with Crippen LogP contribution in [0.1, 0.15) is 43.5 Å². The van der Waals surface area contributed by atoms with Gasteiger partial charge in [0.1, 0.15) is 11.3 Å². The highest BCUT2D eigenvalue weighted by Gasteiger charge is 2.09. The van der Waals surface area contributed by atoms with Gasteiger partial charge in [-0.05, 0) is 25.5 Å². The number of benzene rings is 1. The number of ether oxygens (including phenoxy) is 2. The van der Waals surface area contributed by atoms with Gasteiger partial charge in [-0.3, -0.25) is 0 Å². The van der Waals surface area contributed by atoms with Crippen LogP contribution in [0.15, 0.2) is 24.3 Å². The van der Waals surface area contributed by atoms with Crippen LogP contribution in [0.5, 0.6) is 5.75 Å². The van der Waals surface area contributed by atoms with Gasteiger partial charge in [0.05, 0.1) is 19.3 Å². The van der Waals surface area contributed by atoms with E-state index in [1.54, 1.807) is 18.2 Å². The number of hydrogen-bond acceptors (Lipinski definition) is 3. The van der Waals surface area contributed by atoms with Gasteiger partial charge in [0.15, 0.2) is 0 Å². The van der Waals surface area contributed by atoms with Crippen LogP contribution in [-0.4, -0.2) is 30.4 Å². The molecule has 0 heterocycles. The molecule has 0 aromatic heterocycles. The maximum absolute atomic E-state index is 11.0. The molecule has 0 aliphatic carbocycles. The molecule has 0 bridgehead atoms. The van der Waals surface area contributed by atoms with Gasteiger partial charge < -0.3 is 14.6 Å². The van der Waals surface area contributed by atoms with E-state index in [4.69, 9.17) is 14.6 Å². The molecule has 0 fully saturated rings. The summed E-state index contributed by atoms with van der Waals surface area (Å²) in [7, 11) is 0. The molecule has 1 N–H and O–H groups in total. The van der Waals surface area contributed by atoms with Crippen molar-refractivity contribution >= 4 is 5.97 Å². The second-order valence-electron chi connectivity index (χ2n) is 4.47. The summed E-state index contributed by atoms with van der Waals surface area (Å²) in [5.41, 5.74) is 0.197. The molecule has 1 aromatic carbocycles. The first-order valence-corrected chi connectivity index (χ1v) is 6.71. The van der Waals surface area contributed by atoms with E-state index in [9.17, 15) is 4.79 Å². The van der Waals surface area contributed by atoms with Crippen LogP contribution >= 0.6 is 0 Å². The molecule has 0 saturated heterocycles. The van der Waals surface area contributed by atoms with E-state index in [0.717, 1.165) is 19.3 Å². The molecule has 1 atom stereocenters. The number of carboxylic acids is 1. The van der Waals surface area contributed by atoms with Gasteiger partial charge in [0.2, 0.25) is 0 Å². The Labute approximate surface area is 114 Å². The second-order valence-corrected chi connectivity index (χ2v) is 4.47. The van der Waals surface area contributed by atoms with Crippen LogP contribution in [0.3, 0.4) is 0 Å². The average Bonchev–Trinajstić information content (AvgIpc) is 2.39. The molecule has 0 spiro atoms. The largest absolute Gasteiger partial charge is 0.493 e. The van der Waals surface area contributed by atoms with Crippen LogP contribution in [-0.2, 0) is 4.74 Å². The maximum Gasteiger partial charge on any atom is 0.339 e. The predicted molar refractivity (Wildman–Crippen MR) is 73.8 cm³/mol. The molecule has 1 aromatic rings. The lowest BCUT2D eigenvalue weighted by Crippen LogP contribution is -2.11. The summed E-state index contributed by atoms with van der Waals surface area (Å²) in [6.45, 7) is 5.29. The van der Waals surface area contributed by atoms with Gasteiger partial charge in [-0.15, -0.1) is 0 Å². The Morgan fingerprint density at radius 3 is 2.74 bits per heavy atom. The minimum absolute atomic E-state index is 0.197. The van der Waals surface area contributed by atoms with Gasteiger partial charge in [0.25, 0.3) is 0 Å². The number of hydrogen-bond donors (Lipinski definition) is 1. The fourth-order valence-corrected chi connectivity index (χ4v) is 1.78. The van der Waals surface area contributed by atoms with Crippen molar-refractivity contribution in [2.24, 2.45) is 0 Å². The number of carbonyl (C=O) groups is 1. The Morgan fingerprint density at radius 1 is 1.32 bits per heavy atom. The van der Waals surface area contributed by atoms with E-state index >= 15 is 0 Å². The lowest BCUT2D eigenvalue weighted by atomic mass is 10.2. The average molecular weight is 266 g/mol. The normalized spacial score (nSPS) is 12.1. The standard InChI is InChI=1S/C15H22O4/c1-3-7-12(2)18-10-6-11-19-14-9-5-4-8-13(14)15(16)17/h4-5,8-9,12H,3,6-7,10-11H2,1-2H3,(H,16,17). The summed E-state index contributed by atoms with van der Waals surface area (Å²) < 4.78 is 11.1. The molecular weight excluding hydrogens is 244 g/mol. The summed E-state index contributed by atoms with van der Waals surface area (Å²) in [6.07, 6.45) is 3.20. The first-order valence-electron chi connectivity index (χ1n) is 6.71. The molecule has 106 valence electrons. The number of aromatic carboxylic acids is 1. The lowest BCUT2D eigenvalue weighted by Gasteiger charge is -2.12. The zero-order valence-corrected chi connectivity index (χ0v) is 11.6. The van der Waals surface area contributed by atoms with Gasteiger partial charge in [-0.2, -0.15) is 0 Å². The third kappa shape index (κ3) is 5.75. The third-order valence-corrected chi connectivity index (χ3v) is 2.76. The first-order chi connectivity index (χ1) is 9.15. The predicted octanol–water partition coefficient (Wildman–Crippen LogP) is 3.36. The molecule has 0 aliphatic heterocycles. The fraction of sp³-hybridized carbons (Fsp3) is 0.533. The van der Waals surface area contributed by atoms with Crippen molar-refractivity contribution in [2.75, 3.05) is 13.2 Å². The smallest absolute Gasteiger partial charge is 0.339 e. The highest BCUT2D eigenvalue weighted by Crippen LogP contribution is 2.17. The Balaban J connectivity index is 2.28. The van der Waals surface area contributed by atoms with Gasteiger partial charge in [0, 0.05) is 6.42 Å². The van der Waals surface area contributed by atoms with Gasteiger partial charge in [-0.25, -0.2) is 4.79 Å². The fourth-order valence-electron chi connectivity index (χ4n) is 1.78. The van der Waals surface area contributed by atoms with Crippen LogP contribution in [0.2, 0.25) is 0 Å². The number of rotatable bonds is 9. The van der Waals surface area contributed by atoms with Crippen LogP contribution < -0.4 is 4.74 Å². The van der Waals surface area contributed by atoms with E-state index in [2.05, 4.69) is 13.8 Å². The monoisotopic (exact) mass is 266 g/mol. The molecule has 1 unspecified atom stereocenters. The molecule has 1 rings (SSSR count). The van der Waals surface area contributed by atoms with E-state index in [0.29, 0.717) is 19.0 Å². The van der Waals surface area contributed by atoms with Crippen molar-refractivity contribution in [3.8, 4) is 5.75 Å². The van der Waals surface area contributed by atoms with E-state index in [1.807, 2.05) is 0 Å². The highest BCUT2D eigenvalue weighted by atomic mass is 16.5. The first kappa shape index (κ1) is 15.5. The van der Waals surface area contributed by atoms with E-state index in [1.165, 1.54) is 6.07 Å². The SMILES string of the molecule is CCCC(C)OCCCOc1ccccc1C(=O)O. The van der Waals surface area contributed by atoms with Crippen molar-refractivity contribution in [3.63, 3.8) is 0 Å². The maximum atomic E-state index is 11.0. The number of carboxylic acid groups (broad SMARTS) is 1. The molecule has 0 radical (unpaired) electrons. The molecule has 0 amide bonds. The molecule has 0 saturated carbocycles. The van der Waals surface area contributed by atoms with Crippen LogP contribution in [0, 0.1) is 0 Å². The Morgan fingerprint density at radius 2 is 2.05 bits per heavy atom. The minimum Gasteiger partial charge on any atom is -0.493 e. The molecule has 19 heavy (non-hydrogen) atoms. The highest BCUT2D eigenvalue weighted by molar-refractivity contribution is 5.90. The van der Waals surface area contributed by atoms with Crippen molar-refractivity contribution in [2.45, 2.75) is 39.2 Å². The van der Waals surface area contributed by atoms with Crippen LogP contribution in [0.25, 0.3) is 0 Å². The van der Waals surface area contributed by atoms with Crippen LogP contribution in [0.4, 0.5) is 0 Å². The Hall–Kier alpha value is -1.55.